The van der Waals surface area contributed by atoms with Crippen molar-refractivity contribution in [1.29, 1.82) is 0 Å². The monoisotopic (exact) mass is 391 g/mol. The Morgan fingerprint density at radius 2 is 1.96 bits per heavy atom. The van der Waals surface area contributed by atoms with Gasteiger partial charge in [0.15, 0.2) is 0 Å². The average Bonchev–Trinajstić information content (AvgIpc) is 3.15. The molecule has 0 bridgehead atoms. The molecule has 4 rings (SSSR count). The van der Waals surface area contributed by atoms with E-state index in [1.807, 2.05) is 24.3 Å². The van der Waals surface area contributed by atoms with Crippen LogP contribution in [0.5, 0.6) is 0 Å². The van der Waals surface area contributed by atoms with Crippen molar-refractivity contribution in [2.45, 2.75) is 12.8 Å². The molecule has 0 unspecified atom stereocenters. The zero-order valence-corrected chi connectivity index (χ0v) is 16.3. The van der Waals surface area contributed by atoms with Crippen LogP contribution < -0.4 is 10.2 Å². The van der Waals surface area contributed by atoms with Crippen molar-refractivity contribution in [3.63, 3.8) is 0 Å². The standard InChI is InChI=1S/C18H22ClN5OS/c1-23(12-19)16(25)14-4-2-13(3-5-14)15-21-22-17(26-15)24-10-18(11-24)6-8-20-9-7-18/h2-5,20H,6-12H2,1H3. The topological polar surface area (TPSA) is 61.4 Å². The number of piperidine rings is 1. The SMILES string of the molecule is CN(CCl)C(=O)c1ccc(-c2nnc(N3CC4(CCNCC4)C3)s2)cc1. The van der Waals surface area contributed by atoms with Gasteiger partial charge in [0.1, 0.15) is 5.01 Å². The Morgan fingerprint density at radius 1 is 1.27 bits per heavy atom. The molecule has 1 aromatic carbocycles. The van der Waals surface area contributed by atoms with Crippen LogP contribution in [0.15, 0.2) is 24.3 Å². The van der Waals surface area contributed by atoms with Crippen LogP contribution in [0.1, 0.15) is 23.2 Å². The van der Waals surface area contributed by atoms with E-state index in [0.29, 0.717) is 11.0 Å². The number of benzene rings is 1. The summed E-state index contributed by atoms with van der Waals surface area (Å²) in [5.74, 6) is -0.0858. The Bertz CT molecular complexity index is 779. The minimum Gasteiger partial charge on any atom is -0.345 e. The van der Waals surface area contributed by atoms with Crippen LogP contribution in [-0.4, -0.2) is 60.2 Å². The van der Waals surface area contributed by atoms with Crippen molar-refractivity contribution in [2.75, 3.05) is 44.1 Å². The highest BCUT2D eigenvalue weighted by Crippen LogP contribution is 2.42. The minimum absolute atomic E-state index is 0.0858. The van der Waals surface area contributed by atoms with Gasteiger partial charge in [-0.1, -0.05) is 23.5 Å². The third-order valence-electron chi connectivity index (χ3n) is 5.31. The second-order valence-corrected chi connectivity index (χ2v) is 8.39. The maximum atomic E-state index is 12.1. The van der Waals surface area contributed by atoms with Gasteiger partial charge in [-0.05, 0) is 38.1 Å². The van der Waals surface area contributed by atoms with Gasteiger partial charge in [-0.3, -0.25) is 4.79 Å². The number of aromatic nitrogens is 2. The van der Waals surface area contributed by atoms with Crippen LogP contribution in [0.25, 0.3) is 10.6 Å². The Labute approximate surface area is 162 Å². The highest BCUT2D eigenvalue weighted by atomic mass is 35.5. The Morgan fingerprint density at radius 3 is 2.62 bits per heavy atom. The molecule has 3 heterocycles. The third kappa shape index (κ3) is 3.31. The van der Waals surface area contributed by atoms with E-state index in [-0.39, 0.29) is 11.9 Å². The van der Waals surface area contributed by atoms with Gasteiger partial charge >= 0.3 is 0 Å². The van der Waals surface area contributed by atoms with Gasteiger partial charge in [-0.25, -0.2) is 0 Å². The van der Waals surface area contributed by atoms with Crippen LogP contribution in [-0.2, 0) is 0 Å². The lowest BCUT2D eigenvalue weighted by atomic mass is 9.73. The van der Waals surface area contributed by atoms with E-state index in [2.05, 4.69) is 20.4 Å². The summed E-state index contributed by atoms with van der Waals surface area (Å²) in [6.45, 7) is 4.42. The molecular weight excluding hydrogens is 370 g/mol. The molecule has 1 aromatic heterocycles. The number of halogens is 1. The molecule has 0 saturated carbocycles. The molecule has 1 N–H and O–H groups in total. The van der Waals surface area contributed by atoms with Crippen LogP contribution in [0, 0.1) is 5.41 Å². The normalized spacial score (nSPS) is 18.6. The fourth-order valence-corrected chi connectivity index (χ4v) is 4.62. The summed E-state index contributed by atoms with van der Waals surface area (Å²) in [6, 6.07) is 7.65. The largest absolute Gasteiger partial charge is 0.345 e. The van der Waals surface area contributed by atoms with E-state index in [1.54, 1.807) is 18.4 Å². The van der Waals surface area contributed by atoms with Crippen LogP contribution in [0.3, 0.4) is 0 Å². The molecule has 2 aliphatic heterocycles. The van der Waals surface area contributed by atoms with Crippen molar-refractivity contribution < 1.29 is 4.79 Å². The fraction of sp³-hybridized carbons (Fsp3) is 0.500. The van der Waals surface area contributed by atoms with E-state index in [9.17, 15) is 4.79 Å². The van der Waals surface area contributed by atoms with Crippen molar-refractivity contribution in [1.82, 2.24) is 20.4 Å². The highest BCUT2D eigenvalue weighted by molar-refractivity contribution is 7.18. The highest BCUT2D eigenvalue weighted by Gasteiger charge is 2.44. The van der Waals surface area contributed by atoms with Crippen molar-refractivity contribution in [3.8, 4) is 10.6 Å². The van der Waals surface area contributed by atoms with E-state index < -0.39 is 0 Å². The van der Waals surface area contributed by atoms with Gasteiger partial charge in [0.25, 0.3) is 5.91 Å². The average molecular weight is 392 g/mol. The zero-order valence-electron chi connectivity index (χ0n) is 14.7. The molecule has 2 aromatic rings. The van der Waals surface area contributed by atoms with Crippen LogP contribution >= 0.6 is 22.9 Å². The summed E-state index contributed by atoms with van der Waals surface area (Å²) >= 11 is 7.32. The summed E-state index contributed by atoms with van der Waals surface area (Å²) in [6.07, 6.45) is 2.50. The summed E-state index contributed by atoms with van der Waals surface area (Å²) in [7, 11) is 1.68. The summed E-state index contributed by atoms with van der Waals surface area (Å²) in [4.78, 5) is 15.9. The zero-order chi connectivity index (χ0) is 18.1. The first kappa shape index (κ1) is 17.7. The minimum atomic E-state index is -0.0858. The van der Waals surface area contributed by atoms with Crippen LogP contribution in [0.2, 0.25) is 0 Å². The predicted molar refractivity (Wildman–Crippen MR) is 105 cm³/mol. The molecule has 6 nitrogen and oxygen atoms in total. The third-order valence-corrected chi connectivity index (χ3v) is 6.70. The first-order valence-corrected chi connectivity index (χ1v) is 10.2. The van der Waals surface area contributed by atoms with Crippen molar-refractivity contribution >= 4 is 34.0 Å². The van der Waals surface area contributed by atoms with Crippen molar-refractivity contribution in [3.05, 3.63) is 29.8 Å². The molecule has 2 fully saturated rings. The first-order chi connectivity index (χ1) is 12.6. The molecule has 0 atom stereocenters. The lowest BCUT2D eigenvalue weighted by Gasteiger charge is -2.52. The van der Waals surface area contributed by atoms with Crippen LogP contribution in [0.4, 0.5) is 5.13 Å². The van der Waals surface area contributed by atoms with Gasteiger partial charge in [-0.15, -0.1) is 21.8 Å². The number of anilines is 1. The smallest absolute Gasteiger partial charge is 0.254 e. The number of carbonyl (C=O) groups is 1. The molecule has 2 saturated heterocycles. The van der Waals surface area contributed by atoms with Gasteiger partial charge in [0, 0.05) is 36.7 Å². The van der Waals surface area contributed by atoms with Gasteiger partial charge in [-0.2, -0.15) is 0 Å². The number of rotatable bonds is 4. The first-order valence-electron chi connectivity index (χ1n) is 8.81. The quantitative estimate of drug-likeness (QED) is 0.641. The van der Waals surface area contributed by atoms with E-state index >= 15 is 0 Å². The number of alkyl halides is 1. The molecule has 2 aliphatic rings. The molecule has 1 amide bonds. The number of amides is 1. The molecule has 8 heteroatoms. The van der Waals surface area contributed by atoms with E-state index in [1.165, 1.54) is 17.7 Å². The molecular formula is C18H22ClN5OS. The maximum Gasteiger partial charge on any atom is 0.254 e. The Balaban J connectivity index is 1.43. The van der Waals surface area contributed by atoms with E-state index in [0.717, 1.165) is 41.9 Å². The Kier molecular flexibility index (Phi) is 4.86. The summed E-state index contributed by atoms with van der Waals surface area (Å²) < 4.78 is 0. The maximum absolute atomic E-state index is 12.1. The molecule has 0 aliphatic carbocycles. The molecule has 26 heavy (non-hydrogen) atoms. The summed E-state index contributed by atoms with van der Waals surface area (Å²) in [5.41, 5.74) is 2.08. The van der Waals surface area contributed by atoms with Gasteiger partial charge in [0.2, 0.25) is 5.13 Å². The lowest BCUT2D eigenvalue weighted by Crippen LogP contribution is -2.60. The second kappa shape index (κ2) is 7.13. The molecule has 0 radical (unpaired) electrons. The van der Waals surface area contributed by atoms with Gasteiger partial charge in [0.05, 0.1) is 6.00 Å². The van der Waals surface area contributed by atoms with E-state index in [4.69, 9.17) is 11.6 Å². The predicted octanol–water partition coefficient (Wildman–Crippen LogP) is 2.66. The molecule has 138 valence electrons. The number of nitrogens with zero attached hydrogens (tertiary/aromatic N) is 4. The molecule has 1 spiro atoms. The fourth-order valence-electron chi connectivity index (χ4n) is 3.66. The summed E-state index contributed by atoms with van der Waals surface area (Å²) in [5, 5.41) is 14.0. The number of hydrogen-bond acceptors (Lipinski definition) is 6. The van der Waals surface area contributed by atoms with Crippen molar-refractivity contribution in [2.24, 2.45) is 5.41 Å². The number of carbonyl (C=O) groups excluding carboxylic acids is 1. The number of hydrogen-bond donors (Lipinski definition) is 1. The second-order valence-electron chi connectivity index (χ2n) is 7.20. The lowest BCUT2D eigenvalue weighted by molar-refractivity contribution is 0.0818. The Hall–Kier alpha value is -1.70. The van der Waals surface area contributed by atoms with Gasteiger partial charge < -0.3 is 15.1 Å². The number of nitrogens with one attached hydrogen (secondary N) is 1.